The van der Waals surface area contributed by atoms with Gasteiger partial charge in [-0.2, -0.15) is 4.98 Å². The number of piperidine rings is 1. The topological polar surface area (TPSA) is 61.3 Å². The van der Waals surface area contributed by atoms with Crippen molar-refractivity contribution in [3.05, 3.63) is 59.6 Å². The quantitative estimate of drug-likeness (QED) is 0.429. The maximum atomic E-state index is 13.8. The van der Waals surface area contributed by atoms with Crippen LogP contribution < -0.4 is 9.80 Å². The van der Waals surface area contributed by atoms with Crippen LogP contribution in [0.4, 0.5) is 20.5 Å². The number of anilines is 2. The van der Waals surface area contributed by atoms with Gasteiger partial charge in [-0.1, -0.05) is 25.4 Å². The SMILES string of the molecule is CC.CC1CN(C)CCN1c1cc(-c2ccc(F)c(F)c2)nc(N2CCCCC2)n1.Clc1cnccn1. The van der Waals surface area contributed by atoms with Crippen LogP contribution in [0.25, 0.3) is 11.3 Å². The number of likely N-dealkylation sites (N-methyl/N-ethyl adjacent to an activating group) is 1. The fraction of sp³-hybridized carbons (Fsp3) is 0.481. The highest BCUT2D eigenvalue weighted by Gasteiger charge is 2.25. The Bertz CT molecular complexity index is 1110. The minimum absolute atomic E-state index is 0.320. The van der Waals surface area contributed by atoms with Crippen molar-refractivity contribution in [2.24, 2.45) is 0 Å². The summed E-state index contributed by atoms with van der Waals surface area (Å²) in [5, 5.41) is 0.433. The summed E-state index contributed by atoms with van der Waals surface area (Å²) in [5.74, 6) is -0.161. The van der Waals surface area contributed by atoms with E-state index in [1.54, 1.807) is 18.5 Å². The van der Waals surface area contributed by atoms with Crippen LogP contribution in [-0.4, -0.2) is 70.6 Å². The van der Waals surface area contributed by atoms with E-state index in [4.69, 9.17) is 21.6 Å². The van der Waals surface area contributed by atoms with Crippen LogP contribution in [0, 0.1) is 11.6 Å². The summed E-state index contributed by atoms with van der Waals surface area (Å²) in [4.78, 5) is 23.8. The van der Waals surface area contributed by atoms with Crippen molar-refractivity contribution in [3.63, 3.8) is 0 Å². The molecule has 2 aliphatic heterocycles. The van der Waals surface area contributed by atoms with Gasteiger partial charge in [0.2, 0.25) is 5.95 Å². The zero-order valence-corrected chi connectivity index (χ0v) is 22.8. The average molecular weight is 532 g/mol. The summed E-state index contributed by atoms with van der Waals surface area (Å²) >= 11 is 5.37. The molecule has 10 heteroatoms. The Hall–Kier alpha value is -2.91. The molecule has 37 heavy (non-hydrogen) atoms. The molecule has 200 valence electrons. The molecule has 3 aromatic rings. The molecule has 0 N–H and O–H groups in total. The third kappa shape index (κ3) is 8.04. The molecular formula is C27H36ClF2N7. The maximum Gasteiger partial charge on any atom is 0.227 e. The Morgan fingerprint density at radius 3 is 2.27 bits per heavy atom. The highest BCUT2D eigenvalue weighted by molar-refractivity contribution is 6.29. The van der Waals surface area contributed by atoms with E-state index in [2.05, 4.69) is 38.6 Å². The van der Waals surface area contributed by atoms with Gasteiger partial charge in [0.15, 0.2) is 11.6 Å². The molecule has 2 saturated heterocycles. The lowest BCUT2D eigenvalue weighted by atomic mass is 10.1. The van der Waals surface area contributed by atoms with E-state index >= 15 is 0 Å². The monoisotopic (exact) mass is 531 g/mol. The summed E-state index contributed by atoms with van der Waals surface area (Å²) < 4.78 is 27.2. The van der Waals surface area contributed by atoms with E-state index in [9.17, 15) is 8.78 Å². The van der Waals surface area contributed by atoms with E-state index < -0.39 is 11.6 Å². The van der Waals surface area contributed by atoms with Crippen molar-refractivity contribution >= 4 is 23.4 Å². The molecule has 7 nitrogen and oxygen atoms in total. The van der Waals surface area contributed by atoms with Gasteiger partial charge in [-0.25, -0.2) is 18.7 Å². The standard InChI is InChI=1S/C21H27F2N5.C4H3ClN2.C2H6/c1-15-14-26(2)10-11-28(15)20-13-19(16-6-7-17(22)18(23)12-16)24-21(25-20)27-8-4-3-5-9-27;5-4-3-6-1-2-7-4;1-2/h6-7,12-13,15H,3-5,8-11,14H2,1-2H3;1-3H;1-2H3. The summed E-state index contributed by atoms with van der Waals surface area (Å²) in [6, 6.07) is 6.18. The second-order valence-electron chi connectivity index (χ2n) is 8.92. The zero-order chi connectivity index (χ0) is 26.8. The Balaban J connectivity index is 0.000000361. The predicted octanol–water partition coefficient (Wildman–Crippen LogP) is 5.71. The average Bonchev–Trinajstić information content (AvgIpc) is 2.92. The number of hydrogen-bond acceptors (Lipinski definition) is 7. The fourth-order valence-electron chi connectivity index (χ4n) is 4.37. The Labute approximate surface area is 223 Å². The normalized spacial score (nSPS) is 17.9. The smallest absolute Gasteiger partial charge is 0.227 e. The van der Waals surface area contributed by atoms with Crippen molar-refractivity contribution in [3.8, 4) is 11.3 Å². The molecule has 0 spiro atoms. The van der Waals surface area contributed by atoms with Gasteiger partial charge in [0.25, 0.3) is 0 Å². The number of hydrogen-bond donors (Lipinski definition) is 0. The largest absolute Gasteiger partial charge is 0.351 e. The van der Waals surface area contributed by atoms with Gasteiger partial charge in [0.05, 0.1) is 11.9 Å². The first-order valence-corrected chi connectivity index (χ1v) is 13.2. The molecule has 0 saturated carbocycles. The first-order valence-electron chi connectivity index (χ1n) is 12.9. The van der Waals surface area contributed by atoms with Gasteiger partial charge in [0.1, 0.15) is 11.0 Å². The van der Waals surface area contributed by atoms with E-state index in [0.717, 1.165) is 57.4 Å². The van der Waals surface area contributed by atoms with Crippen molar-refractivity contribution in [1.29, 1.82) is 0 Å². The van der Waals surface area contributed by atoms with Gasteiger partial charge < -0.3 is 14.7 Å². The first-order chi connectivity index (χ1) is 17.9. The highest BCUT2D eigenvalue weighted by Crippen LogP contribution is 2.29. The number of nitrogens with zero attached hydrogens (tertiary/aromatic N) is 7. The van der Waals surface area contributed by atoms with Crippen LogP contribution in [0.5, 0.6) is 0 Å². The lowest BCUT2D eigenvalue weighted by molar-refractivity contribution is 0.274. The molecule has 5 rings (SSSR count). The predicted molar refractivity (Wildman–Crippen MR) is 146 cm³/mol. The number of aromatic nitrogens is 4. The van der Waals surface area contributed by atoms with Crippen LogP contribution in [0.2, 0.25) is 5.15 Å². The summed E-state index contributed by atoms with van der Waals surface area (Å²) in [5.41, 5.74) is 1.21. The van der Waals surface area contributed by atoms with E-state index in [1.165, 1.54) is 18.7 Å². The molecule has 1 unspecified atom stereocenters. The number of benzene rings is 1. The lowest BCUT2D eigenvalue weighted by Crippen LogP contribution is -2.51. The highest BCUT2D eigenvalue weighted by atomic mass is 35.5. The third-order valence-corrected chi connectivity index (χ3v) is 6.41. The summed E-state index contributed by atoms with van der Waals surface area (Å²) in [6.45, 7) is 10.9. The van der Waals surface area contributed by atoms with Crippen LogP contribution >= 0.6 is 11.6 Å². The van der Waals surface area contributed by atoms with E-state index in [0.29, 0.717) is 28.4 Å². The Morgan fingerprint density at radius 2 is 1.68 bits per heavy atom. The Morgan fingerprint density at radius 1 is 0.919 bits per heavy atom. The van der Waals surface area contributed by atoms with E-state index in [-0.39, 0.29) is 0 Å². The summed E-state index contributed by atoms with van der Waals surface area (Å²) in [7, 11) is 2.12. The van der Waals surface area contributed by atoms with Crippen LogP contribution in [0.15, 0.2) is 42.9 Å². The lowest BCUT2D eigenvalue weighted by Gasteiger charge is -2.39. The molecular weight excluding hydrogens is 496 g/mol. The minimum Gasteiger partial charge on any atom is -0.351 e. The van der Waals surface area contributed by atoms with Crippen molar-refractivity contribution in [2.75, 3.05) is 49.6 Å². The molecule has 0 amide bonds. The van der Waals surface area contributed by atoms with Gasteiger partial charge >= 0.3 is 0 Å². The Kier molecular flexibility index (Phi) is 11.0. The van der Waals surface area contributed by atoms with Crippen LogP contribution in [0.3, 0.4) is 0 Å². The first kappa shape index (κ1) is 28.7. The third-order valence-electron chi connectivity index (χ3n) is 6.21. The van der Waals surface area contributed by atoms with Crippen molar-refractivity contribution < 1.29 is 8.78 Å². The molecule has 4 heterocycles. The van der Waals surface area contributed by atoms with Crippen LogP contribution in [-0.2, 0) is 0 Å². The molecule has 0 bridgehead atoms. The minimum atomic E-state index is -0.856. The zero-order valence-electron chi connectivity index (χ0n) is 22.0. The number of piperazine rings is 1. The second kappa shape index (κ2) is 14.1. The molecule has 0 aliphatic carbocycles. The molecule has 1 aromatic carbocycles. The molecule has 1 atom stereocenters. The van der Waals surface area contributed by atoms with Gasteiger partial charge in [-0.15, -0.1) is 0 Å². The van der Waals surface area contributed by atoms with Crippen molar-refractivity contribution in [1.82, 2.24) is 24.8 Å². The number of halogens is 3. The van der Waals surface area contributed by atoms with Crippen molar-refractivity contribution in [2.45, 2.75) is 46.1 Å². The molecule has 2 aromatic heterocycles. The van der Waals surface area contributed by atoms with Gasteiger partial charge in [0, 0.05) is 62.8 Å². The second-order valence-corrected chi connectivity index (χ2v) is 9.31. The van der Waals surface area contributed by atoms with Gasteiger partial charge in [-0.05, 0) is 51.4 Å². The maximum absolute atomic E-state index is 13.8. The summed E-state index contributed by atoms with van der Waals surface area (Å²) in [6.07, 6.45) is 8.08. The number of rotatable bonds is 3. The molecule has 2 aliphatic rings. The fourth-order valence-corrected chi connectivity index (χ4v) is 4.48. The van der Waals surface area contributed by atoms with Gasteiger partial charge in [-0.3, -0.25) is 4.98 Å². The molecule has 0 radical (unpaired) electrons. The van der Waals surface area contributed by atoms with E-state index in [1.807, 2.05) is 19.9 Å². The van der Waals surface area contributed by atoms with Crippen LogP contribution in [0.1, 0.15) is 40.0 Å². The molecule has 2 fully saturated rings.